The molecule has 0 aliphatic rings. The number of thiophene rings is 1. The topological polar surface area (TPSA) is 77.2 Å². The van der Waals surface area contributed by atoms with E-state index in [0.29, 0.717) is 12.1 Å². The molecule has 0 atom stereocenters. The molecule has 0 unspecified atom stereocenters. The maximum absolute atomic E-state index is 12.6. The van der Waals surface area contributed by atoms with Crippen molar-refractivity contribution in [3.8, 4) is 0 Å². The number of carbonyl (C=O) groups excluding carboxylic acids is 1. The van der Waals surface area contributed by atoms with Gasteiger partial charge in [0.05, 0.1) is 10.9 Å². The van der Waals surface area contributed by atoms with Crippen molar-refractivity contribution in [2.45, 2.75) is 6.54 Å². The van der Waals surface area contributed by atoms with Crippen molar-refractivity contribution >= 4 is 28.3 Å². The molecular formula is C16H16N4O3S. The largest absolute Gasteiger partial charge is 0.337 e. The van der Waals surface area contributed by atoms with Gasteiger partial charge in [0.15, 0.2) is 0 Å². The highest BCUT2D eigenvalue weighted by molar-refractivity contribution is 7.07. The van der Waals surface area contributed by atoms with Crippen molar-refractivity contribution < 1.29 is 4.79 Å². The summed E-state index contributed by atoms with van der Waals surface area (Å²) in [5.74, 6) is -0.230. The van der Waals surface area contributed by atoms with E-state index in [-0.39, 0.29) is 16.9 Å². The number of aryl methyl sites for hydroxylation is 1. The molecule has 1 amide bonds. The van der Waals surface area contributed by atoms with Crippen LogP contribution in [0.25, 0.3) is 11.0 Å². The molecular weight excluding hydrogens is 328 g/mol. The van der Waals surface area contributed by atoms with Crippen LogP contribution in [-0.2, 0) is 20.6 Å². The van der Waals surface area contributed by atoms with E-state index in [9.17, 15) is 14.4 Å². The summed E-state index contributed by atoms with van der Waals surface area (Å²) in [6.45, 7) is 0.478. The normalized spacial score (nSPS) is 11.0. The Labute approximate surface area is 141 Å². The molecule has 0 aliphatic carbocycles. The quantitative estimate of drug-likeness (QED) is 0.709. The van der Waals surface area contributed by atoms with Gasteiger partial charge in [-0.2, -0.15) is 11.3 Å². The number of amides is 1. The monoisotopic (exact) mass is 344 g/mol. The molecule has 0 aliphatic heterocycles. The van der Waals surface area contributed by atoms with Gasteiger partial charge in [-0.25, -0.2) is 9.78 Å². The third kappa shape index (κ3) is 2.65. The first kappa shape index (κ1) is 16.1. The Bertz CT molecular complexity index is 1030. The number of rotatable bonds is 3. The van der Waals surface area contributed by atoms with Gasteiger partial charge >= 0.3 is 5.69 Å². The molecule has 8 heteroatoms. The number of nitrogens with zero attached hydrogens (tertiary/aromatic N) is 4. The van der Waals surface area contributed by atoms with E-state index in [0.717, 1.165) is 10.1 Å². The summed E-state index contributed by atoms with van der Waals surface area (Å²) < 4.78 is 2.30. The summed E-state index contributed by atoms with van der Waals surface area (Å²) >= 11 is 1.57. The second-order valence-electron chi connectivity index (χ2n) is 5.59. The Hall–Kier alpha value is -2.74. The summed E-state index contributed by atoms with van der Waals surface area (Å²) in [7, 11) is 4.64. The van der Waals surface area contributed by atoms with Crippen LogP contribution in [0.2, 0.25) is 0 Å². The van der Waals surface area contributed by atoms with E-state index >= 15 is 0 Å². The van der Waals surface area contributed by atoms with Gasteiger partial charge in [-0.05, 0) is 28.5 Å². The van der Waals surface area contributed by atoms with E-state index in [4.69, 9.17) is 0 Å². The Morgan fingerprint density at radius 2 is 2.04 bits per heavy atom. The Balaban J connectivity index is 2.03. The maximum Gasteiger partial charge on any atom is 0.332 e. The van der Waals surface area contributed by atoms with Crippen LogP contribution in [0, 0.1) is 0 Å². The lowest BCUT2D eigenvalue weighted by Crippen LogP contribution is -2.37. The first-order valence-corrected chi connectivity index (χ1v) is 8.16. The van der Waals surface area contributed by atoms with E-state index in [1.54, 1.807) is 30.3 Å². The molecule has 0 N–H and O–H groups in total. The molecule has 24 heavy (non-hydrogen) atoms. The zero-order valence-corrected chi connectivity index (χ0v) is 14.3. The van der Waals surface area contributed by atoms with Crippen LogP contribution in [0.3, 0.4) is 0 Å². The van der Waals surface area contributed by atoms with Gasteiger partial charge in [0, 0.05) is 33.9 Å². The standard InChI is InChI=1S/C16H16N4O3S/c1-18(8-10-4-5-24-9-10)14(21)11-6-12-13(17-7-11)19(2)16(23)20(3)15(12)22/h4-7,9H,8H2,1-3H3. The molecule has 0 aromatic carbocycles. The zero-order valence-electron chi connectivity index (χ0n) is 13.5. The lowest BCUT2D eigenvalue weighted by molar-refractivity contribution is 0.0785. The highest BCUT2D eigenvalue weighted by Gasteiger charge is 2.16. The summed E-state index contributed by atoms with van der Waals surface area (Å²) in [4.78, 5) is 42.5. The zero-order chi connectivity index (χ0) is 17.4. The minimum Gasteiger partial charge on any atom is -0.337 e. The molecule has 0 radical (unpaired) electrons. The van der Waals surface area contributed by atoms with Crippen molar-refractivity contribution in [2.75, 3.05) is 7.05 Å². The summed E-state index contributed by atoms with van der Waals surface area (Å²) in [5, 5.41) is 4.18. The van der Waals surface area contributed by atoms with Gasteiger partial charge in [0.1, 0.15) is 5.65 Å². The fourth-order valence-corrected chi connectivity index (χ4v) is 3.19. The third-order valence-corrected chi connectivity index (χ3v) is 4.62. The SMILES string of the molecule is CN(Cc1ccsc1)C(=O)c1cnc2c(c1)c(=O)n(C)c(=O)n2C. The molecule has 0 bridgehead atoms. The van der Waals surface area contributed by atoms with Crippen LogP contribution in [0.15, 0.2) is 38.7 Å². The fraction of sp³-hybridized carbons (Fsp3) is 0.250. The first-order valence-electron chi connectivity index (χ1n) is 7.22. The van der Waals surface area contributed by atoms with Crippen LogP contribution in [0.1, 0.15) is 15.9 Å². The van der Waals surface area contributed by atoms with Crippen LogP contribution < -0.4 is 11.2 Å². The summed E-state index contributed by atoms with van der Waals surface area (Å²) in [5.41, 5.74) is 0.711. The van der Waals surface area contributed by atoms with E-state index in [2.05, 4.69) is 4.98 Å². The van der Waals surface area contributed by atoms with Gasteiger partial charge in [-0.15, -0.1) is 0 Å². The Morgan fingerprint density at radius 3 is 2.71 bits per heavy atom. The fourth-order valence-electron chi connectivity index (χ4n) is 2.53. The highest BCUT2D eigenvalue weighted by atomic mass is 32.1. The number of hydrogen-bond acceptors (Lipinski definition) is 5. The van der Waals surface area contributed by atoms with Crippen LogP contribution >= 0.6 is 11.3 Å². The average Bonchev–Trinajstić information content (AvgIpc) is 3.09. The second-order valence-corrected chi connectivity index (χ2v) is 6.37. The van der Waals surface area contributed by atoms with Crippen molar-refractivity contribution in [1.29, 1.82) is 0 Å². The maximum atomic E-state index is 12.6. The van der Waals surface area contributed by atoms with E-state index in [1.165, 1.54) is 23.9 Å². The third-order valence-electron chi connectivity index (χ3n) is 3.89. The number of fused-ring (bicyclic) bond motifs is 1. The molecule has 3 rings (SSSR count). The minimum absolute atomic E-state index is 0.230. The molecule has 0 spiro atoms. The lowest BCUT2D eigenvalue weighted by Gasteiger charge is -2.16. The molecule has 0 fully saturated rings. The molecule has 124 valence electrons. The van der Waals surface area contributed by atoms with E-state index < -0.39 is 11.2 Å². The predicted octanol–water partition coefficient (Wildman–Crippen LogP) is 0.966. The van der Waals surface area contributed by atoms with Gasteiger partial charge in [0.25, 0.3) is 11.5 Å². The Kier molecular flexibility index (Phi) is 4.06. The van der Waals surface area contributed by atoms with Crippen molar-refractivity contribution in [3.63, 3.8) is 0 Å². The molecule has 3 aromatic rings. The summed E-state index contributed by atoms with van der Waals surface area (Å²) in [6.07, 6.45) is 1.40. The van der Waals surface area contributed by atoms with Crippen LogP contribution in [-0.4, -0.2) is 32.0 Å². The average molecular weight is 344 g/mol. The first-order chi connectivity index (χ1) is 11.4. The van der Waals surface area contributed by atoms with E-state index in [1.807, 2.05) is 16.8 Å². The molecule has 7 nitrogen and oxygen atoms in total. The number of aromatic nitrogens is 3. The predicted molar refractivity (Wildman–Crippen MR) is 92.3 cm³/mol. The van der Waals surface area contributed by atoms with Crippen molar-refractivity contribution in [3.05, 3.63) is 61.1 Å². The van der Waals surface area contributed by atoms with Crippen LogP contribution in [0.4, 0.5) is 0 Å². The molecule has 0 saturated carbocycles. The summed E-state index contributed by atoms with van der Waals surface area (Å²) in [6, 6.07) is 3.45. The molecule has 3 heterocycles. The smallest absolute Gasteiger partial charge is 0.332 e. The van der Waals surface area contributed by atoms with Gasteiger partial charge in [-0.3, -0.25) is 18.7 Å². The highest BCUT2D eigenvalue weighted by Crippen LogP contribution is 2.13. The number of carbonyl (C=O) groups is 1. The van der Waals surface area contributed by atoms with Gasteiger partial charge in [-0.1, -0.05) is 0 Å². The minimum atomic E-state index is -0.462. The molecule has 3 aromatic heterocycles. The second kappa shape index (κ2) is 6.04. The lowest BCUT2D eigenvalue weighted by atomic mass is 10.2. The van der Waals surface area contributed by atoms with Crippen LogP contribution in [0.5, 0.6) is 0 Å². The van der Waals surface area contributed by atoms with Crippen molar-refractivity contribution in [1.82, 2.24) is 19.0 Å². The number of pyridine rings is 1. The Morgan fingerprint density at radius 1 is 1.29 bits per heavy atom. The van der Waals surface area contributed by atoms with Crippen molar-refractivity contribution in [2.24, 2.45) is 14.1 Å². The van der Waals surface area contributed by atoms with Gasteiger partial charge in [0.2, 0.25) is 0 Å². The van der Waals surface area contributed by atoms with Gasteiger partial charge < -0.3 is 4.90 Å². The number of hydrogen-bond donors (Lipinski definition) is 0. The molecule has 0 saturated heterocycles.